The van der Waals surface area contributed by atoms with Crippen molar-refractivity contribution in [3.63, 3.8) is 0 Å². The van der Waals surface area contributed by atoms with E-state index in [1.807, 2.05) is 49.4 Å². The molecule has 21 heavy (non-hydrogen) atoms. The molecule has 2 N–H and O–H groups in total. The molecule has 0 fully saturated rings. The Morgan fingerprint density at radius 1 is 1.10 bits per heavy atom. The number of para-hydroxylation sites is 1. The summed E-state index contributed by atoms with van der Waals surface area (Å²) in [5.74, 6) is -0.347. The van der Waals surface area contributed by atoms with E-state index in [2.05, 4.69) is 42.5 Å². The highest BCUT2D eigenvalue weighted by molar-refractivity contribution is 9.11. The van der Waals surface area contributed by atoms with Crippen LogP contribution in [0.5, 0.6) is 0 Å². The van der Waals surface area contributed by atoms with E-state index in [1.54, 1.807) is 0 Å². The van der Waals surface area contributed by atoms with Gasteiger partial charge in [0, 0.05) is 14.6 Å². The highest BCUT2D eigenvalue weighted by Crippen LogP contribution is 2.30. The Morgan fingerprint density at radius 2 is 1.76 bits per heavy atom. The zero-order valence-electron chi connectivity index (χ0n) is 11.1. The Bertz CT molecular complexity index is 666. The Morgan fingerprint density at radius 3 is 2.38 bits per heavy atom. The first-order valence-electron chi connectivity index (χ1n) is 6.10. The van der Waals surface area contributed by atoms with Crippen LogP contribution in [0.2, 0.25) is 0 Å². The summed E-state index contributed by atoms with van der Waals surface area (Å²) in [4.78, 5) is 12.3. The fraction of sp³-hybridized carbons (Fsp3) is 0.0667. The average molecular weight is 428 g/mol. The summed E-state index contributed by atoms with van der Waals surface area (Å²) < 4.78 is 1.74. The van der Waals surface area contributed by atoms with Crippen molar-refractivity contribution in [1.29, 1.82) is 0 Å². The quantitative estimate of drug-likeness (QED) is 0.669. The molecule has 0 aliphatic heterocycles. The van der Waals surface area contributed by atoms with Crippen LogP contribution in [-0.4, -0.2) is 10.9 Å². The van der Waals surface area contributed by atoms with Gasteiger partial charge in [-0.15, -0.1) is 0 Å². The molecule has 0 unspecified atom stereocenters. The largest absolute Gasteiger partial charge is 0.342 e. The van der Waals surface area contributed by atoms with Crippen LogP contribution in [0.15, 0.2) is 51.4 Å². The number of aryl methyl sites for hydroxylation is 1. The fourth-order valence-electron chi connectivity index (χ4n) is 1.74. The van der Waals surface area contributed by atoms with Crippen molar-refractivity contribution >= 4 is 66.3 Å². The Labute approximate surface area is 145 Å². The summed E-state index contributed by atoms with van der Waals surface area (Å²) in [6.45, 7) is 1.92. The zero-order chi connectivity index (χ0) is 15.4. The van der Waals surface area contributed by atoms with Crippen molar-refractivity contribution in [3.8, 4) is 0 Å². The van der Waals surface area contributed by atoms with Crippen LogP contribution in [0.4, 0.5) is 11.4 Å². The third-order valence-corrected chi connectivity index (χ3v) is 4.10. The Kier molecular flexibility index (Phi) is 5.50. The van der Waals surface area contributed by atoms with Gasteiger partial charge in [-0.05, 0) is 52.7 Å². The second-order valence-electron chi connectivity index (χ2n) is 4.35. The number of nitrogens with one attached hydrogen (secondary N) is 2. The monoisotopic (exact) mass is 426 g/mol. The van der Waals surface area contributed by atoms with Gasteiger partial charge in [-0.25, -0.2) is 0 Å². The highest BCUT2D eigenvalue weighted by atomic mass is 79.9. The first-order chi connectivity index (χ1) is 9.97. The molecule has 6 heteroatoms. The number of carbonyl (C=O) groups is 1. The number of hydrogen-bond donors (Lipinski definition) is 2. The van der Waals surface area contributed by atoms with Crippen LogP contribution in [0.3, 0.4) is 0 Å². The predicted molar refractivity (Wildman–Crippen MR) is 97.9 cm³/mol. The molecule has 2 aromatic rings. The third-order valence-electron chi connectivity index (χ3n) is 2.73. The smallest absolute Gasteiger partial charge is 0.283 e. The van der Waals surface area contributed by atoms with Crippen molar-refractivity contribution in [3.05, 3.63) is 57.0 Å². The van der Waals surface area contributed by atoms with Gasteiger partial charge in [0.05, 0.1) is 5.69 Å². The summed E-state index contributed by atoms with van der Waals surface area (Å²) in [6.07, 6.45) is 0. The second-order valence-corrected chi connectivity index (χ2v) is 6.53. The van der Waals surface area contributed by atoms with Gasteiger partial charge >= 0.3 is 0 Å². The molecule has 1 amide bonds. The Balaban J connectivity index is 2.10. The van der Waals surface area contributed by atoms with Gasteiger partial charge in [0.2, 0.25) is 0 Å². The van der Waals surface area contributed by atoms with E-state index in [0.29, 0.717) is 5.69 Å². The molecule has 0 aromatic heterocycles. The van der Waals surface area contributed by atoms with Crippen molar-refractivity contribution in [1.82, 2.24) is 0 Å². The summed E-state index contributed by atoms with van der Waals surface area (Å²) in [7, 11) is 0. The SMILES string of the molecule is Cc1cc(Br)cc(Br)c1NC(=O)C(=S)Nc1ccccc1. The molecule has 108 valence electrons. The average Bonchev–Trinajstić information content (AvgIpc) is 2.43. The number of hydrogen-bond acceptors (Lipinski definition) is 2. The van der Waals surface area contributed by atoms with Gasteiger partial charge in [0.1, 0.15) is 0 Å². The van der Waals surface area contributed by atoms with Crippen LogP contribution in [0, 0.1) is 6.92 Å². The molecule has 0 saturated heterocycles. The van der Waals surface area contributed by atoms with E-state index in [1.165, 1.54) is 0 Å². The number of thiocarbonyl (C=S) groups is 1. The summed E-state index contributed by atoms with van der Waals surface area (Å²) >= 11 is 12.0. The minimum absolute atomic E-state index is 0.121. The summed E-state index contributed by atoms with van der Waals surface area (Å²) in [6, 6.07) is 13.1. The summed E-state index contributed by atoms with van der Waals surface area (Å²) in [5.41, 5.74) is 2.43. The lowest BCUT2D eigenvalue weighted by atomic mass is 10.2. The lowest BCUT2D eigenvalue weighted by Gasteiger charge is -2.12. The molecule has 0 atom stereocenters. The molecular formula is C15H12Br2N2OS. The van der Waals surface area contributed by atoms with Crippen LogP contribution in [0.1, 0.15) is 5.56 Å². The molecule has 0 spiro atoms. The van der Waals surface area contributed by atoms with E-state index < -0.39 is 0 Å². The van der Waals surface area contributed by atoms with Gasteiger partial charge < -0.3 is 10.6 Å². The maximum absolute atomic E-state index is 12.2. The van der Waals surface area contributed by atoms with E-state index in [9.17, 15) is 4.79 Å². The van der Waals surface area contributed by atoms with Crippen molar-refractivity contribution in [2.75, 3.05) is 10.6 Å². The minimum Gasteiger partial charge on any atom is -0.342 e. The molecule has 2 rings (SSSR count). The topological polar surface area (TPSA) is 41.1 Å². The van der Waals surface area contributed by atoms with E-state index in [0.717, 1.165) is 20.2 Å². The highest BCUT2D eigenvalue weighted by Gasteiger charge is 2.13. The molecule has 0 bridgehead atoms. The first-order valence-corrected chi connectivity index (χ1v) is 8.10. The van der Waals surface area contributed by atoms with Crippen LogP contribution in [0.25, 0.3) is 0 Å². The lowest BCUT2D eigenvalue weighted by molar-refractivity contribution is -0.110. The molecular weight excluding hydrogens is 416 g/mol. The van der Waals surface area contributed by atoms with Crippen LogP contribution >= 0.6 is 44.1 Å². The number of anilines is 2. The molecule has 0 heterocycles. The number of rotatable bonds is 2. The van der Waals surface area contributed by atoms with Crippen LogP contribution < -0.4 is 10.6 Å². The number of carbonyl (C=O) groups excluding carboxylic acids is 1. The molecule has 0 aliphatic carbocycles. The van der Waals surface area contributed by atoms with E-state index in [-0.39, 0.29) is 10.9 Å². The van der Waals surface area contributed by atoms with E-state index >= 15 is 0 Å². The molecule has 0 aliphatic rings. The van der Waals surface area contributed by atoms with Gasteiger partial charge in [-0.3, -0.25) is 4.79 Å². The van der Waals surface area contributed by atoms with E-state index in [4.69, 9.17) is 12.2 Å². The number of amides is 1. The van der Waals surface area contributed by atoms with Gasteiger partial charge in [0.25, 0.3) is 5.91 Å². The maximum Gasteiger partial charge on any atom is 0.283 e. The molecule has 3 nitrogen and oxygen atoms in total. The lowest BCUT2D eigenvalue weighted by Crippen LogP contribution is -2.27. The zero-order valence-corrected chi connectivity index (χ0v) is 15.1. The van der Waals surface area contributed by atoms with Crippen molar-refractivity contribution < 1.29 is 4.79 Å². The van der Waals surface area contributed by atoms with Crippen molar-refractivity contribution in [2.45, 2.75) is 6.92 Å². The maximum atomic E-state index is 12.2. The molecule has 0 radical (unpaired) electrons. The van der Waals surface area contributed by atoms with Crippen molar-refractivity contribution in [2.24, 2.45) is 0 Å². The summed E-state index contributed by atoms with van der Waals surface area (Å²) in [5, 5.41) is 5.72. The second kappa shape index (κ2) is 7.15. The predicted octanol–water partition coefficient (Wildman–Crippen LogP) is 4.90. The minimum atomic E-state index is -0.347. The van der Waals surface area contributed by atoms with Gasteiger partial charge in [-0.2, -0.15) is 0 Å². The first kappa shape index (κ1) is 16.1. The normalized spacial score (nSPS) is 10.0. The fourth-order valence-corrected chi connectivity index (χ4v) is 3.45. The molecule has 0 saturated carbocycles. The number of benzene rings is 2. The number of halogens is 2. The third kappa shape index (κ3) is 4.36. The van der Waals surface area contributed by atoms with Gasteiger partial charge in [-0.1, -0.05) is 46.3 Å². The molecule has 2 aromatic carbocycles. The Hall–Kier alpha value is -1.24. The van der Waals surface area contributed by atoms with Gasteiger partial charge in [0.15, 0.2) is 4.99 Å². The van der Waals surface area contributed by atoms with Crippen LogP contribution in [-0.2, 0) is 4.79 Å². The standard InChI is InChI=1S/C15H12Br2N2OS/c1-9-7-10(16)8-12(17)13(9)19-14(20)15(21)18-11-5-3-2-4-6-11/h2-8H,1H3,(H,18,21)(H,19,20).